The second kappa shape index (κ2) is 7.71. The van der Waals surface area contributed by atoms with Crippen molar-refractivity contribution in [2.24, 2.45) is 0 Å². The van der Waals surface area contributed by atoms with Gasteiger partial charge in [-0.25, -0.2) is 23.7 Å². The third-order valence-electron chi connectivity index (χ3n) is 7.76. The first-order valence-electron chi connectivity index (χ1n) is 13.1. The van der Waals surface area contributed by atoms with E-state index in [0.717, 1.165) is 31.5 Å². The van der Waals surface area contributed by atoms with Crippen LogP contribution in [-0.2, 0) is 17.4 Å². The number of aromatic nitrogens is 5. The van der Waals surface area contributed by atoms with E-state index in [2.05, 4.69) is 38.8 Å². The topological polar surface area (TPSA) is 89.7 Å². The van der Waals surface area contributed by atoms with Crippen LogP contribution in [0.1, 0.15) is 69.3 Å². The first-order chi connectivity index (χ1) is 17.7. The summed E-state index contributed by atoms with van der Waals surface area (Å²) in [5.41, 5.74) is 4.02. The lowest BCUT2D eigenvalue weighted by Gasteiger charge is -2.27. The van der Waals surface area contributed by atoms with Gasteiger partial charge < -0.3 is 10.6 Å². The molecule has 3 aliphatic rings. The van der Waals surface area contributed by atoms with Crippen LogP contribution in [0.4, 0.5) is 16.0 Å². The molecule has 1 spiro atoms. The molecule has 0 amide bonds. The van der Waals surface area contributed by atoms with Crippen LogP contribution in [0, 0.1) is 5.82 Å². The Morgan fingerprint density at radius 1 is 1.14 bits per heavy atom. The number of pyridine rings is 1. The fourth-order valence-electron chi connectivity index (χ4n) is 5.58. The van der Waals surface area contributed by atoms with Crippen molar-refractivity contribution in [2.45, 2.75) is 69.9 Å². The lowest BCUT2D eigenvalue weighted by molar-refractivity contribution is 0.490. The second-order valence-corrected chi connectivity index (χ2v) is 11.6. The number of benzene rings is 1. The molecule has 0 saturated heterocycles. The lowest BCUT2D eigenvalue weighted by Crippen LogP contribution is -2.36. The zero-order valence-corrected chi connectivity index (χ0v) is 21.3. The van der Waals surface area contributed by atoms with E-state index in [-0.39, 0.29) is 23.0 Å². The van der Waals surface area contributed by atoms with Crippen LogP contribution >= 0.6 is 0 Å². The van der Waals surface area contributed by atoms with Crippen molar-refractivity contribution in [3.05, 3.63) is 69.5 Å². The first kappa shape index (κ1) is 22.6. The molecule has 7 rings (SSSR count). The summed E-state index contributed by atoms with van der Waals surface area (Å²) in [7, 11) is 0. The van der Waals surface area contributed by atoms with Crippen LogP contribution < -0.4 is 16.2 Å². The number of hydrogen-bond donors (Lipinski definition) is 2. The van der Waals surface area contributed by atoms with Gasteiger partial charge in [-0.05, 0) is 67.5 Å². The maximum Gasteiger partial charge on any atom is 0.278 e. The summed E-state index contributed by atoms with van der Waals surface area (Å²) in [5.74, 6) is 0.522. The largest absolute Gasteiger partial charge is 0.324 e. The monoisotopic (exact) mass is 499 g/mol. The molecule has 2 aliphatic carbocycles. The van der Waals surface area contributed by atoms with Crippen molar-refractivity contribution < 1.29 is 4.39 Å². The molecule has 2 N–H and O–H groups in total. The van der Waals surface area contributed by atoms with Crippen LogP contribution in [0.25, 0.3) is 16.9 Å². The van der Waals surface area contributed by atoms with Gasteiger partial charge in [0.25, 0.3) is 5.56 Å². The van der Waals surface area contributed by atoms with Crippen molar-refractivity contribution in [1.82, 2.24) is 29.6 Å². The van der Waals surface area contributed by atoms with E-state index in [1.807, 2.05) is 20.8 Å². The summed E-state index contributed by atoms with van der Waals surface area (Å²) in [4.78, 5) is 27.3. The Morgan fingerprint density at radius 3 is 2.68 bits per heavy atom. The number of rotatable bonds is 4. The minimum absolute atomic E-state index is 0.0760. The Labute approximate surface area is 213 Å². The molecule has 0 radical (unpaired) electrons. The van der Waals surface area contributed by atoms with Crippen LogP contribution in [-0.4, -0.2) is 30.9 Å². The molecule has 0 bridgehead atoms. The molecule has 9 heteroatoms. The minimum atomic E-state index is -0.490. The maximum atomic E-state index is 14.7. The number of fused-ring (bicyclic) bond motifs is 3. The third-order valence-corrected chi connectivity index (χ3v) is 7.76. The SMILES string of the molecule is CC(C)(C)c1nc(-n2c3nc(Nc4ccc5c(c4)CCNC54CC4)ncc3c(=O)n2C2CC2)ccc1F. The van der Waals surface area contributed by atoms with Gasteiger partial charge in [0.1, 0.15) is 11.2 Å². The molecule has 0 unspecified atom stereocenters. The van der Waals surface area contributed by atoms with E-state index in [1.165, 1.54) is 30.0 Å². The molecule has 2 fully saturated rings. The molecule has 1 aliphatic heterocycles. The van der Waals surface area contributed by atoms with Crippen molar-refractivity contribution in [2.75, 3.05) is 11.9 Å². The van der Waals surface area contributed by atoms with Gasteiger partial charge in [-0.3, -0.25) is 4.79 Å². The van der Waals surface area contributed by atoms with Gasteiger partial charge in [0.2, 0.25) is 5.95 Å². The molecule has 37 heavy (non-hydrogen) atoms. The Bertz CT molecular complexity index is 1620. The highest BCUT2D eigenvalue weighted by Crippen LogP contribution is 2.49. The predicted molar refractivity (Wildman–Crippen MR) is 140 cm³/mol. The van der Waals surface area contributed by atoms with E-state index >= 15 is 0 Å². The summed E-state index contributed by atoms with van der Waals surface area (Å²) >= 11 is 0. The molecule has 0 atom stereocenters. The second-order valence-electron chi connectivity index (χ2n) is 11.6. The van der Waals surface area contributed by atoms with E-state index < -0.39 is 5.41 Å². The van der Waals surface area contributed by atoms with E-state index in [4.69, 9.17) is 4.98 Å². The van der Waals surface area contributed by atoms with Crippen LogP contribution in [0.5, 0.6) is 0 Å². The standard InChI is InChI=1S/C28H30FN7O/c1-27(2,3)23-21(29)8-9-22(33-23)36-24-19(25(37)35(36)18-5-6-18)15-30-26(34-24)32-17-4-7-20-16(14-17)10-13-31-28(20)11-12-28/h4,7-9,14-15,18,31H,5-6,10-13H2,1-3H3,(H,30,32,34). The summed E-state index contributed by atoms with van der Waals surface area (Å²) in [5, 5.41) is 7.43. The third kappa shape index (κ3) is 3.67. The predicted octanol–water partition coefficient (Wildman–Crippen LogP) is 4.63. The van der Waals surface area contributed by atoms with Crippen molar-refractivity contribution >= 4 is 22.7 Å². The lowest BCUT2D eigenvalue weighted by atomic mass is 9.91. The van der Waals surface area contributed by atoms with Gasteiger partial charge in [-0.2, -0.15) is 4.98 Å². The normalized spacial score (nSPS) is 18.3. The number of halogens is 1. The maximum absolute atomic E-state index is 14.7. The zero-order chi connectivity index (χ0) is 25.5. The van der Waals surface area contributed by atoms with Gasteiger partial charge in [-0.15, -0.1) is 0 Å². The van der Waals surface area contributed by atoms with Crippen LogP contribution in [0.2, 0.25) is 0 Å². The molecule has 4 heterocycles. The molecule has 190 valence electrons. The molecule has 3 aromatic heterocycles. The zero-order valence-electron chi connectivity index (χ0n) is 21.3. The van der Waals surface area contributed by atoms with E-state index in [1.54, 1.807) is 21.6 Å². The highest BCUT2D eigenvalue weighted by atomic mass is 19.1. The van der Waals surface area contributed by atoms with Crippen LogP contribution in [0.15, 0.2) is 41.3 Å². The average Bonchev–Trinajstić information content (AvgIpc) is 3.79. The van der Waals surface area contributed by atoms with E-state index in [9.17, 15) is 9.18 Å². The summed E-state index contributed by atoms with van der Waals surface area (Å²) < 4.78 is 18.1. The molecular formula is C28H30FN7O. The number of hydrogen-bond acceptors (Lipinski definition) is 6. The highest BCUT2D eigenvalue weighted by molar-refractivity contribution is 5.77. The van der Waals surface area contributed by atoms with Crippen molar-refractivity contribution in [3.63, 3.8) is 0 Å². The Kier molecular flexibility index (Phi) is 4.71. The number of nitrogens with one attached hydrogen (secondary N) is 2. The Hall–Kier alpha value is -3.59. The molecule has 2 saturated carbocycles. The van der Waals surface area contributed by atoms with Gasteiger partial charge in [0.15, 0.2) is 11.5 Å². The Balaban J connectivity index is 1.33. The van der Waals surface area contributed by atoms with Gasteiger partial charge in [0.05, 0.1) is 11.7 Å². The molecule has 1 aromatic carbocycles. The molecule has 4 aromatic rings. The smallest absolute Gasteiger partial charge is 0.278 e. The quantitative estimate of drug-likeness (QED) is 0.426. The summed E-state index contributed by atoms with van der Waals surface area (Å²) in [6.45, 7) is 6.76. The molecular weight excluding hydrogens is 469 g/mol. The molecule has 8 nitrogen and oxygen atoms in total. The summed E-state index contributed by atoms with van der Waals surface area (Å²) in [6, 6.07) is 9.56. The van der Waals surface area contributed by atoms with Crippen LogP contribution in [0.3, 0.4) is 0 Å². The first-order valence-corrected chi connectivity index (χ1v) is 13.1. The fourth-order valence-corrected chi connectivity index (χ4v) is 5.58. The van der Waals surface area contributed by atoms with Crippen molar-refractivity contribution in [3.8, 4) is 5.82 Å². The van der Waals surface area contributed by atoms with Gasteiger partial charge in [-0.1, -0.05) is 26.8 Å². The van der Waals surface area contributed by atoms with Crippen molar-refractivity contribution in [1.29, 1.82) is 0 Å². The fraction of sp³-hybridized carbons (Fsp3) is 0.429. The minimum Gasteiger partial charge on any atom is -0.324 e. The number of anilines is 2. The highest BCUT2D eigenvalue weighted by Gasteiger charge is 2.46. The van der Waals surface area contributed by atoms with Gasteiger partial charge in [0, 0.05) is 29.4 Å². The van der Waals surface area contributed by atoms with E-state index in [0.29, 0.717) is 28.5 Å². The van der Waals surface area contributed by atoms with Gasteiger partial charge >= 0.3 is 0 Å². The Morgan fingerprint density at radius 2 is 1.95 bits per heavy atom. The average molecular weight is 500 g/mol. The summed E-state index contributed by atoms with van der Waals surface area (Å²) in [6.07, 6.45) is 6.77. The number of nitrogens with zero attached hydrogens (tertiary/aromatic N) is 5.